The average Bonchev–Trinajstić information content (AvgIpc) is 2.68. The average molecular weight is 226 g/mol. The molecule has 3 aromatic rings. The largest absolute Gasteiger partial charge is 0.382 e. The number of aryl methyl sites for hydroxylation is 1. The molecule has 0 fully saturated rings. The van der Waals surface area contributed by atoms with Gasteiger partial charge in [-0.15, -0.1) is 15.3 Å². The third-order valence-electron chi connectivity index (χ3n) is 2.45. The van der Waals surface area contributed by atoms with E-state index in [1.54, 1.807) is 10.7 Å². The number of rotatable bonds is 1. The summed E-state index contributed by atoms with van der Waals surface area (Å²) in [6.45, 7) is 1.89. The van der Waals surface area contributed by atoms with E-state index < -0.39 is 0 Å². The van der Waals surface area contributed by atoms with E-state index in [2.05, 4.69) is 20.3 Å². The van der Waals surface area contributed by atoms with Crippen molar-refractivity contribution in [2.24, 2.45) is 0 Å². The lowest BCUT2D eigenvalue weighted by Crippen LogP contribution is -2.06. The molecule has 0 aliphatic carbocycles. The first-order valence-electron chi connectivity index (χ1n) is 5.16. The van der Waals surface area contributed by atoms with Crippen LogP contribution in [0.5, 0.6) is 0 Å². The van der Waals surface area contributed by atoms with Crippen molar-refractivity contribution in [3.63, 3.8) is 0 Å². The Labute approximate surface area is 97.1 Å². The lowest BCUT2D eigenvalue weighted by molar-refractivity contribution is 0.768. The molecule has 0 aliphatic rings. The Balaban J connectivity index is 2.21. The molecule has 6 nitrogen and oxygen atoms in total. The van der Waals surface area contributed by atoms with Gasteiger partial charge in [-0.3, -0.25) is 0 Å². The first kappa shape index (κ1) is 9.71. The summed E-state index contributed by atoms with van der Waals surface area (Å²) in [6, 6.07) is 9.32. The molecule has 0 radical (unpaired) electrons. The Hall–Kier alpha value is -2.50. The van der Waals surface area contributed by atoms with Crippen LogP contribution in [0.15, 0.2) is 30.3 Å². The van der Waals surface area contributed by atoms with Crippen LogP contribution in [0.25, 0.3) is 17.0 Å². The van der Waals surface area contributed by atoms with E-state index in [0.717, 1.165) is 16.7 Å². The van der Waals surface area contributed by atoms with Crippen LogP contribution in [0, 0.1) is 6.92 Å². The second-order valence-corrected chi connectivity index (χ2v) is 3.72. The molecule has 3 rings (SSSR count). The molecule has 2 heterocycles. The fourth-order valence-corrected chi connectivity index (χ4v) is 1.66. The number of nitrogens with two attached hydrogens (primary N) is 1. The van der Waals surface area contributed by atoms with E-state index >= 15 is 0 Å². The van der Waals surface area contributed by atoms with Gasteiger partial charge in [0.25, 0.3) is 5.95 Å². The number of hydrogen-bond acceptors (Lipinski definition) is 5. The van der Waals surface area contributed by atoms with Gasteiger partial charge < -0.3 is 5.73 Å². The molecule has 0 unspecified atom stereocenters. The second-order valence-electron chi connectivity index (χ2n) is 3.72. The maximum absolute atomic E-state index is 5.62. The van der Waals surface area contributed by atoms with E-state index in [-0.39, 0.29) is 0 Å². The van der Waals surface area contributed by atoms with Gasteiger partial charge in [-0.2, -0.15) is 4.68 Å². The number of aromatic nitrogens is 5. The first-order valence-corrected chi connectivity index (χ1v) is 5.16. The molecule has 6 heteroatoms. The van der Waals surface area contributed by atoms with Crippen molar-refractivity contribution >= 4 is 16.9 Å². The Bertz CT molecular complexity index is 687. The number of anilines is 1. The van der Waals surface area contributed by atoms with Crippen molar-refractivity contribution < 1.29 is 0 Å². The van der Waals surface area contributed by atoms with Crippen LogP contribution >= 0.6 is 0 Å². The van der Waals surface area contributed by atoms with Crippen molar-refractivity contribution in [2.45, 2.75) is 6.92 Å². The van der Waals surface area contributed by atoms with Gasteiger partial charge in [-0.05, 0) is 19.1 Å². The summed E-state index contributed by atoms with van der Waals surface area (Å²) in [6.07, 6.45) is 0. The molecular weight excluding hydrogens is 216 g/mol. The summed E-state index contributed by atoms with van der Waals surface area (Å²) >= 11 is 0. The highest BCUT2D eigenvalue weighted by Gasteiger charge is 2.08. The molecule has 2 aromatic heterocycles. The van der Waals surface area contributed by atoms with Crippen LogP contribution in [0.2, 0.25) is 0 Å². The molecule has 0 atom stereocenters. The van der Waals surface area contributed by atoms with Crippen LogP contribution in [0.1, 0.15) is 5.69 Å². The molecule has 17 heavy (non-hydrogen) atoms. The number of benzene rings is 1. The van der Waals surface area contributed by atoms with Gasteiger partial charge in [-0.1, -0.05) is 12.1 Å². The zero-order chi connectivity index (χ0) is 11.8. The zero-order valence-corrected chi connectivity index (χ0v) is 9.20. The monoisotopic (exact) mass is 226 g/mol. The van der Waals surface area contributed by atoms with Crippen molar-refractivity contribution in [3.05, 3.63) is 36.0 Å². The summed E-state index contributed by atoms with van der Waals surface area (Å²) in [5, 5.41) is 12.2. The van der Waals surface area contributed by atoms with Gasteiger partial charge in [0.1, 0.15) is 11.3 Å². The standard InChI is InChI=1S/C11H10N6/c1-7-6-10(12)16-17(7)11-13-8-4-2-3-5-9(8)14-15-11/h2-6H,1H3,(H2,12,16). The second kappa shape index (κ2) is 3.51. The number of nitrogen functional groups attached to an aromatic ring is 1. The molecule has 84 valence electrons. The van der Waals surface area contributed by atoms with Gasteiger partial charge in [-0.25, -0.2) is 4.98 Å². The van der Waals surface area contributed by atoms with Crippen LogP contribution in [0.4, 0.5) is 5.82 Å². The Morgan fingerprint density at radius 3 is 2.59 bits per heavy atom. The van der Waals surface area contributed by atoms with Crippen LogP contribution in [-0.2, 0) is 0 Å². The SMILES string of the molecule is Cc1cc(N)nn1-c1nnc2ccccc2n1. The van der Waals surface area contributed by atoms with E-state index in [1.165, 1.54) is 0 Å². The maximum Gasteiger partial charge on any atom is 0.270 e. The fraction of sp³-hybridized carbons (Fsp3) is 0.0909. The summed E-state index contributed by atoms with van der Waals surface area (Å²) in [5.41, 5.74) is 8.04. The summed E-state index contributed by atoms with van der Waals surface area (Å²) < 4.78 is 1.58. The number of fused-ring (bicyclic) bond motifs is 1. The van der Waals surface area contributed by atoms with Crippen molar-refractivity contribution in [3.8, 4) is 5.95 Å². The Kier molecular flexibility index (Phi) is 2.01. The van der Waals surface area contributed by atoms with Crippen molar-refractivity contribution in [2.75, 3.05) is 5.73 Å². The van der Waals surface area contributed by atoms with E-state index in [4.69, 9.17) is 5.73 Å². The van der Waals surface area contributed by atoms with E-state index in [9.17, 15) is 0 Å². The molecule has 0 saturated carbocycles. The summed E-state index contributed by atoms with van der Waals surface area (Å²) in [4.78, 5) is 4.39. The smallest absolute Gasteiger partial charge is 0.270 e. The van der Waals surface area contributed by atoms with Crippen LogP contribution in [0.3, 0.4) is 0 Å². The minimum absolute atomic E-state index is 0.429. The highest BCUT2D eigenvalue weighted by molar-refractivity contribution is 5.73. The molecule has 2 N–H and O–H groups in total. The summed E-state index contributed by atoms with van der Waals surface area (Å²) in [5.74, 6) is 0.872. The predicted molar refractivity (Wildman–Crippen MR) is 63.6 cm³/mol. The highest BCUT2D eigenvalue weighted by Crippen LogP contribution is 2.12. The quantitative estimate of drug-likeness (QED) is 0.671. The first-order chi connectivity index (χ1) is 8.24. The van der Waals surface area contributed by atoms with Gasteiger partial charge >= 0.3 is 0 Å². The van der Waals surface area contributed by atoms with Crippen molar-refractivity contribution in [1.82, 2.24) is 25.0 Å². The number of nitrogens with zero attached hydrogens (tertiary/aromatic N) is 5. The van der Waals surface area contributed by atoms with Gasteiger partial charge in [0, 0.05) is 11.8 Å². The lowest BCUT2D eigenvalue weighted by atomic mass is 10.3. The molecule has 0 amide bonds. The number of hydrogen-bond donors (Lipinski definition) is 1. The highest BCUT2D eigenvalue weighted by atomic mass is 15.4. The van der Waals surface area contributed by atoms with Crippen LogP contribution in [-0.4, -0.2) is 25.0 Å². The molecule has 0 spiro atoms. The van der Waals surface area contributed by atoms with E-state index in [1.807, 2.05) is 31.2 Å². The van der Waals surface area contributed by atoms with E-state index in [0.29, 0.717) is 11.8 Å². The third kappa shape index (κ3) is 1.59. The lowest BCUT2D eigenvalue weighted by Gasteiger charge is -2.02. The Morgan fingerprint density at radius 2 is 1.88 bits per heavy atom. The summed E-state index contributed by atoms with van der Waals surface area (Å²) in [7, 11) is 0. The van der Waals surface area contributed by atoms with Gasteiger partial charge in [0.2, 0.25) is 0 Å². The molecule has 1 aromatic carbocycles. The zero-order valence-electron chi connectivity index (χ0n) is 9.20. The normalized spacial score (nSPS) is 10.9. The van der Waals surface area contributed by atoms with Crippen LogP contribution < -0.4 is 5.73 Å². The number of para-hydroxylation sites is 1. The predicted octanol–water partition coefficient (Wildman–Crippen LogP) is 1.10. The molecule has 0 saturated heterocycles. The minimum Gasteiger partial charge on any atom is -0.382 e. The van der Waals surface area contributed by atoms with Crippen molar-refractivity contribution in [1.29, 1.82) is 0 Å². The topological polar surface area (TPSA) is 82.5 Å². The Morgan fingerprint density at radius 1 is 1.12 bits per heavy atom. The third-order valence-corrected chi connectivity index (χ3v) is 2.45. The molecule has 0 aliphatic heterocycles. The molecular formula is C11H10N6. The minimum atomic E-state index is 0.429. The molecule has 0 bridgehead atoms. The van der Waals surface area contributed by atoms with Gasteiger partial charge in [0.15, 0.2) is 0 Å². The maximum atomic E-state index is 5.62. The van der Waals surface area contributed by atoms with Gasteiger partial charge in [0.05, 0.1) is 5.52 Å². The fourth-order valence-electron chi connectivity index (χ4n) is 1.66.